The van der Waals surface area contributed by atoms with Crippen LogP contribution in [0.3, 0.4) is 0 Å². The summed E-state index contributed by atoms with van der Waals surface area (Å²) in [6.45, 7) is 1.22. The Morgan fingerprint density at radius 1 is 1.03 bits per heavy atom. The Kier molecular flexibility index (Phi) is 6.01. The van der Waals surface area contributed by atoms with E-state index in [1.807, 2.05) is 4.90 Å². The molecular formula is C24H25ClFN5O2. The molecule has 2 aromatic heterocycles. The van der Waals surface area contributed by atoms with Crippen LogP contribution in [0.2, 0.25) is 5.02 Å². The van der Waals surface area contributed by atoms with Crippen molar-refractivity contribution in [3.63, 3.8) is 0 Å². The van der Waals surface area contributed by atoms with Crippen LogP contribution in [0.15, 0.2) is 47.5 Å². The van der Waals surface area contributed by atoms with Crippen LogP contribution in [-0.2, 0) is 4.79 Å². The van der Waals surface area contributed by atoms with Crippen molar-refractivity contribution in [2.75, 3.05) is 13.1 Å². The second-order valence-electron chi connectivity index (χ2n) is 8.76. The highest BCUT2D eigenvalue weighted by molar-refractivity contribution is 6.33. The number of halogens is 2. The van der Waals surface area contributed by atoms with E-state index in [1.54, 1.807) is 24.4 Å². The Morgan fingerprint density at radius 2 is 1.73 bits per heavy atom. The second-order valence-corrected chi connectivity index (χ2v) is 9.16. The molecule has 1 saturated heterocycles. The van der Waals surface area contributed by atoms with E-state index in [-0.39, 0.29) is 29.4 Å². The molecule has 0 radical (unpaired) electrons. The number of carbonyl (C=O) groups is 1. The molecule has 172 valence electrons. The lowest BCUT2D eigenvalue weighted by molar-refractivity contribution is -0.136. The van der Waals surface area contributed by atoms with Gasteiger partial charge in [-0.15, -0.1) is 5.10 Å². The fraction of sp³-hybridized carbons (Fsp3) is 0.417. The van der Waals surface area contributed by atoms with Gasteiger partial charge in [-0.1, -0.05) is 24.4 Å². The standard InChI is InChI=1S/C24H25ClFN5O2/c25-21-15-27-12-9-20(21)22-28-31(24(33)30(22)18-7-5-17(26)6-8-18)19-10-13-29(14-11-19)23(32)16-3-1-2-4-16/h5-9,12,15-16,19H,1-4,10-11,13-14H2. The Labute approximate surface area is 195 Å². The predicted octanol–water partition coefficient (Wildman–Crippen LogP) is 4.24. The summed E-state index contributed by atoms with van der Waals surface area (Å²) in [4.78, 5) is 32.3. The first-order chi connectivity index (χ1) is 16.0. The van der Waals surface area contributed by atoms with Crippen molar-refractivity contribution in [2.45, 2.75) is 44.6 Å². The molecule has 5 rings (SSSR count). The molecule has 1 saturated carbocycles. The maximum Gasteiger partial charge on any atom is 0.351 e. The number of carbonyl (C=O) groups excluding carboxylic acids is 1. The van der Waals surface area contributed by atoms with E-state index in [1.165, 1.54) is 27.6 Å². The van der Waals surface area contributed by atoms with E-state index in [9.17, 15) is 14.0 Å². The second kappa shape index (κ2) is 9.09. The molecule has 3 heterocycles. The van der Waals surface area contributed by atoms with Crippen LogP contribution in [-0.4, -0.2) is 43.2 Å². The van der Waals surface area contributed by atoms with E-state index in [4.69, 9.17) is 11.6 Å². The van der Waals surface area contributed by atoms with Crippen LogP contribution in [0.4, 0.5) is 4.39 Å². The van der Waals surface area contributed by atoms with Crippen LogP contribution in [0.25, 0.3) is 17.1 Å². The molecule has 0 N–H and O–H groups in total. The summed E-state index contributed by atoms with van der Waals surface area (Å²) in [5, 5.41) is 5.04. The van der Waals surface area contributed by atoms with Crippen molar-refractivity contribution in [2.24, 2.45) is 5.92 Å². The number of hydrogen-bond acceptors (Lipinski definition) is 4. The maximum absolute atomic E-state index is 13.5. The molecule has 0 spiro atoms. The number of aromatic nitrogens is 4. The molecule has 0 atom stereocenters. The Balaban J connectivity index is 1.47. The number of nitrogens with zero attached hydrogens (tertiary/aromatic N) is 5. The van der Waals surface area contributed by atoms with Gasteiger partial charge < -0.3 is 4.90 Å². The van der Waals surface area contributed by atoms with E-state index in [0.29, 0.717) is 48.0 Å². The molecule has 2 aliphatic rings. The normalized spacial score (nSPS) is 17.6. The molecular weight excluding hydrogens is 445 g/mol. The first kappa shape index (κ1) is 21.8. The Bertz CT molecular complexity index is 1210. The minimum absolute atomic E-state index is 0.133. The van der Waals surface area contributed by atoms with Crippen molar-refractivity contribution in [3.05, 3.63) is 64.0 Å². The molecule has 9 heteroatoms. The first-order valence-electron chi connectivity index (χ1n) is 11.4. The number of hydrogen-bond donors (Lipinski definition) is 0. The number of rotatable bonds is 4. The third kappa shape index (κ3) is 4.19. The fourth-order valence-electron chi connectivity index (χ4n) is 4.94. The van der Waals surface area contributed by atoms with Crippen molar-refractivity contribution in [1.29, 1.82) is 0 Å². The highest BCUT2D eigenvalue weighted by Gasteiger charge is 2.32. The van der Waals surface area contributed by atoms with Crippen molar-refractivity contribution in [1.82, 2.24) is 24.2 Å². The lowest BCUT2D eigenvalue weighted by Gasteiger charge is -2.33. The van der Waals surface area contributed by atoms with Gasteiger partial charge in [-0.2, -0.15) is 0 Å². The summed E-state index contributed by atoms with van der Waals surface area (Å²) in [7, 11) is 0. The largest absolute Gasteiger partial charge is 0.351 e. The van der Waals surface area contributed by atoms with Crippen molar-refractivity contribution in [3.8, 4) is 17.1 Å². The van der Waals surface area contributed by atoms with Crippen LogP contribution >= 0.6 is 11.6 Å². The van der Waals surface area contributed by atoms with Gasteiger partial charge in [0.15, 0.2) is 5.82 Å². The molecule has 33 heavy (non-hydrogen) atoms. The molecule has 1 aromatic carbocycles. The van der Waals surface area contributed by atoms with Gasteiger partial charge in [0.25, 0.3) is 0 Å². The maximum atomic E-state index is 13.5. The number of benzene rings is 1. The first-order valence-corrected chi connectivity index (χ1v) is 11.8. The summed E-state index contributed by atoms with van der Waals surface area (Å²) in [6.07, 6.45) is 8.62. The molecule has 7 nitrogen and oxygen atoms in total. The lowest BCUT2D eigenvalue weighted by Crippen LogP contribution is -2.43. The molecule has 2 fully saturated rings. The van der Waals surface area contributed by atoms with Gasteiger partial charge in [-0.3, -0.25) is 9.78 Å². The van der Waals surface area contributed by atoms with Crippen LogP contribution in [0.5, 0.6) is 0 Å². The zero-order valence-electron chi connectivity index (χ0n) is 18.2. The Hall–Kier alpha value is -3.00. The van der Waals surface area contributed by atoms with E-state index in [2.05, 4.69) is 10.1 Å². The smallest absolute Gasteiger partial charge is 0.342 e. The molecule has 3 aromatic rings. The number of amides is 1. The van der Waals surface area contributed by atoms with Gasteiger partial charge in [-0.25, -0.2) is 18.4 Å². The monoisotopic (exact) mass is 469 g/mol. The quantitative estimate of drug-likeness (QED) is 0.572. The van der Waals surface area contributed by atoms with Crippen molar-refractivity contribution >= 4 is 17.5 Å². The SMILES string of the molecule is O=C(C1CCCC1)N1CCC(n2nc(-c3ccncc3Cl)n(-c3ccc(F)cc3)c2=O)CC1. The van der Waals surface area contributed by atoms with Crippen LogP contribution in [0, 0.1) is 11.7 Å². The van der Waals surface area contributed by atoms with Gasteiger partial charge in [0, 0.05) is 37.0 Å². The highest BCUT2D eigenvalue weighted by atomic mass is 35.5. The topological polar surface area (TPSA) is 73.0 Å². The van der Waals surface area contributed by atoms with E-state index in [0.717, 1.165) is 25.7 Å². The summed E-state index contributed by atoms with van der Waals surface area (Å²) in [5.41, 5.74) is 0.759. The molecule has 1 aliphatic carbocycles. The Morgan fingerprint density at radius 3 is 2.39 bits per heavy atom. The molecule has 1 aliphatic heterocycles. The van der Waals surface area contributed by atoms with Crippen LogP contribution < -0.4 is 5.69 Å². The summed E-state index contributed by atoms with van der Waals surface area (Å²) >= 11 is 6.38. The van der Waals surface area contributed by atoms with Gasteiger partial charge in [0.2, 0.25) is 5.91 Å². The third-order valence-corrected chi connectivity index (χ3v) is 7.03. The average Bonchev–Trinajstić information content (AvgIpc) is 3.48. The van der Waals surface area contributed by atoms with Gasteiger partial charge in [0.1, 0.15) is 5.82 Å². The zero-order chi connectivity index (χ0) is 22.9. The van der Waals surface area contributed by atoms with Gasteiger partial charge in [-0.05, 0) is 56.0 Å². The number of pyridine rings is 1. The molecule has 0 bridgehead atoms. The lowest BCUT2D eigenvalue weighted by atomic mass is 10.0. The molecule has 0 unspecified atom stereocenters. The highest BCUT2D eigenvalue weighted by Crippen LogP contribution is 2.31. The summed E-state index contributed by atoms with van der Waals surface area (Å²) in [5.74, 6) is 0.396. The average molecular weight is 470 g/mol. The predicted molar refractivity (Wildman–Crippen MR) is 123 cm³/mol. The minimum Gasteiger partial charge on any atom is -0.342 e. The number of likely N-dealkylation sites (tertiary alicyclic amines) is 1. The summed E-state index contributed by atoms with van der Waals surface area (Å²) in [6, 6.07) is 7.28. The third-order valence-electron chi connectivity index (χ3n) is 6.73. The fourth-order valence-corrected chi connectivity index (χ4v) is 5.14. The minimum atomic E-state index is -0.387. The zero-order valence-corrected chi connectivity index (χ0v) is 18.9. The number of piperidine rings is 1. The van der Waals surface area contributed by atoms with Gasteiger partial charge in [0.05, 0.1) is 16.8 Å². The van der Waals surface area contributed by atoms with E-state index >= 15 is 0 Å². The van der Waals surface area contributed by atoms with Crippen molar-refractivity contribution < 1.29 is 9.18 Å². The van der Waals surface area contributed by atoms with E-state index < -0.39 is 0 Å². The summed E-state index contributed by atoms with van der Waals surface area (Å²) < 4.78 is 16.5. The van der Waals surface area contributed by atoms with Gasteiger partial charge >= 0.3 is 5.69 Å². The molecule has 1 amide bonds. The van der Waals surface area contributed by atoms with Crippen LogP contribution in [0.1, 0.15) is 44.6 Å².